The minimum absolute atomic E-state index is 0.0705. The first-order valence-electron chi connectivity index (χ1n) is 5.72. The molecule has 2 aliphatic carbocycles. The van der Waals surface area contributed by atoms with Gasteiger partial charge in [-0.1, -0.05) is 19.3 Å². The Bertz CT molecular complexity index is 316. The molecule has 0 aromatic heterocycles. The van der Waals surface area contributed by atoms with Gasteiger partial charge in [-0.15, -0.1) is 0 Å². The van der Waals surface area contributed by atoms with E-state index in [2.05, 4.69) is 4.72 Å². The highest BCUT2D eigenvalue weighted by atomic mass is 32.2. The molecular formula is C10H19NO3S. The fourth-order valence-corrected chi connectivity index (χ4v) is 4.08. The maximum Gasteiger partial charge on any atom is 0.215 e. The van der Waals surface area contributed by atoms with Crippen LogP contribution in [0.1, 0.15) is 44.9 Å². The van der Waals surface area contributed by atoms with Gasteiger partial charge in [0.05, 0.1) is 17.4 Å². The van der Waals surface area contributed by atoms with E-state index in [4.69, 9.17) is 0 Å². The molecule has 0 aromatic carbocycles. The molecule has 0 atom stereocenters. The lowest BCUT2D eigenvalue weighted by Crippen LogP contribution is -2.53. The molecule has 0 spiro atoms. The van der Waals surface area contributed by atoms with Gasteiger partial charge in [0.2, 0.25) is 10.0 Å². The van der Waals surface area contributed by atoms with Crippen molar-refractivity contribution in [3.05, 3.63) is 0 Å². The zero-order chi connectivity index (χ0) is 10.9. The molecule has 0 aliphatic heterocycles. The van der Waals surface area contributed by atoms with Gasteiger partial charge in [0.15, 0.2) is 0 Å². The van der Waals surface area contributed by atoms with Crippen molar-refractivity contribution in [3.8, 4) is 0 Å². The second-order valence-corrected chi connectivity index (χ2v) is 6.81. The van der Waals surface area contributed by atoms with Gasteiger partial charge < -0.3 is 5.11 Å². The summed E-state index contributed by atoms with van der Waals surface area (Å²) >= 11 is 0. The highest BCUT2D eigenvalue weighted by Crippen LogP contribution is 2.33. The first-order chi connectivity index (χ1) is 7.08. The molecule has 0 saturated heterocycles. The van der Waals surface area contributed by atoms with Crippen molar-refractivity contribution in [1.82, 2.24) is 4.72 Å². The van der Waals surface area contributed by atoms with Crippen molar-refractivity contribution in [2.45, 2.75) is 55.7 Å². The van der Waals surface area contributed by atoms with Crippen LogP contribution in [0.3, 0.4) is 0 Å². The van der Waals surface area contributed by atoms with E-state index >= 15 is 0 Å². The van der Waals surface area contributed by atoms with Gasteiger partial charge in [-0.2, -0.15) is 0 Å². The van der Waals surface area contributed by atoms with Crippen LogP contribution in [-0.4, -0.2) is 30.9 Å². The quantitative estimate of drug-likeness (QED) is 0.753. The maximum atomic E-state index is 11.8. The molecule has 2 saturated carbocycles. The lowest BCUT2D eigenvalue weighted by Gasteiger charge is -2.36. The van der Waals surface area contributed by atoms with Gasteiger partial charge >= 0.3 is 0 Å². The Hall–Kier alpha value is -0.130. The number of hydrogen-bond acceptors (Lipinski definition) is 3. The third-order valence-corrected chi connectivity index (χ3v) is 5.50. The Morgan fingerprint density at radius 3 is 2.27 bits per heavy atom. The first-order valence-corrected chi connectivity index (χ1v) is 7.26. The Morgan fingerprint density at radius 1 is 1.20 bits per heavy atom. The molecule has 0 bridgehead atoms. The highest BCUT2D eigenvalue weighted by molar-refractivity contribution is 7.90. The van der Waals surface area contributed by atoms with Crippen molar-refractivity contribution in [1.29, 1.82) is 0 Å². The minimum Gasteiger partial charge on any atom is -0.394 e. The van der Waals surface area contributed by atoms with E-state index in [1.807, 2.05) is 0 Å². The van der Waals surface area contributed by atoms with Crippen LogP contribution in [0.4, 0.5) is 0 Å². The topological polar surface area (TPSA) is 66.4 Å². The fourth-order valence-electron chi connectivity index (χ4n) is 2.28. The molecule has 2 aliphatic rings. The van der Waals surface area contributed by atoms with E-state index < -0.39 is 15.6 Å². The van der Waals surface area contributed by atoms with Gasteiger partial charge in [0.25, 0.3) is 0 Å². The molecule has 2 rings (SSSR count). The zero-order valence-electron chi connectivity index (χ0n) is 8.91. The number of sulfonamides is 1. The summed E-state index contributed by atoms with van der Waals surface area (Å²) in [6, 6.07) is 0. The molecule has 0 unspecified atom stereocenters. The summed E-state index contributed by atoms with van der Waals surface area (Å²) in [7, 11) is -3.17. The van der Waals surface area contributed by atoms with Crippen LogP contribution in [0.15, 0.2) is 0 Å². The SMILES string of the molecule is O=S(=O)(NC1(CO)CCCCC1)C1CC1. The van der Waals surface area contributed by atoms with Crippen molar-refractivity contribution in [2.24, 2.45) is 0 Å². The van der Waals surface area contributed by atoms with E-state index in [-0.39, 0.29) is 11.9 Å². The predicted molar refractivity (Wildman–Crippen MR) is 58.0 cm³/mol. The zero-order valence-corrected chi connectivity index (χ0v) is 9.72. The summed E-state index contributed by atoms with van der Waals surface area (Å²) in [6.45, 7) is -0.0705. The number of hydrogen-bond donors (Lipinski definition) is 2. The van der Waals surface area contributed by atoms with Crippen molar-refractivity contribution in [2.75, 3.05) is 6.61 Å². The van der Waals surface area contributed by atoms with Crippen LogP contribution in [0.5, 0.6) is 0 Å². The number of aliphatic hydroxyl groups is 1. The molecule has 0 radical (unpaired) electrons. The van der Waals surface area contributed by atoms with Crippen LogP contribution in [0.25, 0.3) is 0 Å². The largest absolute Gasteiger partial charge is 0.394 e. The minimum atomic E-state index is -3.17. The molecular weight excluding hydrogens is 214 g/mol. The van der Waals surface area contributed by atoms with Gasteiger partial charge in [-0.25, -0.2) is 13.1 Å². The number of rotatable bonds is 4. The van der Waals surface area contributed by atoms with Gasteiger partial charge in [0.1, 0.15) is 0 Å². The van der Waals surface area contributed by atoms with Crippen LogP contribution < -0.4 is 4.72 Å². The monoisotopic (exact) mass is 233 g/mol. The standard InChI is InChI=1S/C10H19NO3S/c12-8-10(6-2-1-3-7-10)11-15(13,14)9-4-5-9/h9,11-12H,1-8H2. The molecule has 0 heterocycles. The fraction of sp³-hybridized carbons (Fsp3) is 1.00. The second-order valence-electron chi connectivity index (χ2n) is 4.85. The molecule has 88 valence electrons. The average Bonchev–Trinajstić information content (AvgIpc) is 3.02. The van der Waals surface area contributed by atoms with Gasteiger partial charge in [0, 0.05) is 0 Å². The summed E-state index contributed by atoms with van der Waals surface area (Å²) in [5.41, 5.74) is -0.556. The molecule has 0 aromatic rings. The van der Waals surface area contributed by atoms with E-state index in [9.17, 15) is 13.5 Å². The van der Waals surface area contributed by atoms with E-state index in [1.165, 1.54) is 0 Å². The van der Waals surface area contributed by atoms with Crippen molar-refractivity contribution < 1.29 is 13.5 Å². The van der Waals surface area contributed by atoms with E-state index in [0.29, 0.717) is 0 Å². The summed E-state index contributed by atoms with van der Waals surface area (Å²) in [6.07, 6.45) is 6.26. The Labute approximate surface area is 91.1 Å². The van der Waals surface area contributed by atoms with E-state index in [0.717, 1.165) is 44.9 Å². The lowest BCUT2D eigenvalue weighted by molar-refractivity contribution is 0.142. The highest BCUT2D eigenvalue weighted by Gasteiger charge is 2.42. The Balaban J connectivity index is 2.06. The first kappa shape index (κ1) is 11.4. The van der Waals surface area contributed by atoms with E-state index in [1.54, 1.807) is 0 Å². The molecule has 5 heteroatoms. The predicted octanol–water partition coefficient (Wildman–Crippen LogP) is 0.763. The van der Waals surface area contributed by atoms with Crippen molar-refractivity contribution >= 4 is 10.0 Å². The Kier molecular flexibility index (Phi) is 3.05. The third-order valence-electron chi connectivity index (χ3n) is 3.44. The number of nitrogens with one attached hydrogen (secondary N) is 1. The Morgan fingerprint density at radius 2 is 1.80 bits per heavy atom. The van der Waals surface area contributed by atoms with Crippen LogP contribution in [0, 0.1) is 0 Å². The van der Waals surface area contributed by atoms with Crippen molar-refractivity contribution in [3.63, 3.8) is 0 Å². The van der Waals surface area contributed by atoms with Crippen LogP contribution in [-0.2, 0) is 10.0 Å². The third kappa shape index (κ3) is 2.52. The average molecular weight is 233 g/mol. The molecule has 2 N–H and O–H groups in total. The van der Waals surface area contributed by atoms with Crippen LogP contribution >= 0.6 is 0 Å². The summed E-state index contributed by atoms with van der Waals surface area (Å²) < 4.78 is 26.3. The summed E-state index contributed by atoms with van der Waals surface area (Å²) in [4.78, 5) is 0. The van der Waals surface area contributed by atoms with Crippen LogP contribution in [0.2, 0.25) is 0 Å². The summed E-state index contributed by atoms with van der Waals surface area (Å²) in [5.74, 6) is 0. The maximum absolute atomic E-state index is 11.8. The lowest BCUT2D eigenvalue weighted by atomic mass is 9.83. The van der Waals surface area contributed by atoms with Gasteiger partial charge in [-0.05, 0) is 25.7 Å². The summed E-state index contributed by atoms with van der Waals surface area (Å²) in [5, 5.41) is 9.19. The molecule has 0 amide bonds. The molecule has 15 heavy (non-hydrogen) atoms. The smallest absolute Gasteiger partial charge is 0.215 e. The molecule has 2 fully saturated rings. The second kappa shape index (κ2) is 4.03. The van der Waals surface area contributed by atoms with Gasteiger partial charge in [-0.3, -0.25) is 0 Å². The normalized spacial score (nSPS) is 26.5. The number of aliphatic hydroxyl groups excluding tert-OH is 1. The molecule has 4 nitrogen and oxygen atoms in total.